The highest BCUT2D eigenvalue weighted by Crippen LogP contribution is 2.67. The van der Waals surface area contributed by atoms with Gasteiger partial charge in [0, 0.05) is 43.2 Å². The molecule has 3 aromatic carbocycles. The fourth-order valence-electron chi connectivity index (χ4n) is 9.37. The first-order chi connectivity index (χ1) is 26.1. The summed E-state index contributed by atoms with van der Waals surface area (Å²) in [6, 6.07) is 13.3. The van der Waals surface area contributed by atoms with E-state index in [1.54, 1.807) is 6.08 Å². The first kappa shape index (κ1) is 37.4. The summed E-state index contributed by atoms with van der Waals surface area (Å²) in [7, 11) is 1.32. The molecule has 1 saturated carbocycles. The smallest absolute Gasteiger partial charge is 0.258 e. The largest absolute Gasteiger partial charge is 0.508 e. The molecule has 6 unspecified atom stereocenters. The molecule has 5 aliphatic rings. The number of imide groups is 2. The number of phenolic OH excluding ortho intramolecular Hbond substituents is 1. The SMILES string of the molecule is COc1ccc(C2C3=CCC4C(=O)N(C5CCN(Cc6ccccc6)CC5)C(=O)C4C3CC3(Cl)C(=O)N(c4c(F)c(F)c(F)c(F)c4F)C(=O)C23Cl)c(O)c1. The molecule has 0 aromatic heterocycles. The lowest BCUT2D eigenvalue weighted by molar-refractivity contribution is -0.144. The molecule has 288 valence electrons. The second-order valence-corrected chi connectivity index (χ2v) is 15.9. The van der Waals surface area contributed by atoms with E-state index in [9.17, 15) is 37.5 Å². The highest BCUT2D eigenvalue weighted by molar-refractivity contribution is 6.58. The van der Waals surface area contributed by atoms with Crippen LogP contribution in [0, 0.1) is 46.8 Å². The quantitative estimate of drug-likeness (QED) is 0.0777. The van der Waals surface area contributed by atoms with Gasteiger partial charge in [0.15, 0.2) is 33.0 Å². The average molecular weight is 805 g/mol. The van der Waals surface area contributed by atoms with Gasteiger partial charge in [-0.1, -0.05) is 48.0 Å². The van der Waals surface area contributed by atoms with Crippen molar-refractivity contribution in [2.24, 2.45) is 17.8 Å². The number of amides is 4. The third-order valence-corrected chi connectivity index (χ3v) is 13.4. The van der Waals surface area contributed by atoms with Crippen LogP contribution in [0.3, 0.4) is 0 Å². The maximum absolute atomic E-state index is 15.3. The number of fused-ring (bicyclic) bond motifs is 4. The Balaban J connectivity index is 1.19. The standard InChI is InChI=1S/C39H32Cl2F5N3O6/c1-55-20-7-8-22(25(50)15-20)27-21-9-10-23-26(35(52)48(34(23)51)19-11-13-47(14-12-19)17-18-5-3-2-4-6-18)24(21)16-38(40)36(53)49(37(54)39(27,38)41)33-31(45)29(43)28(42)30(44)32(33)46/h2-9,15,19,23-24,26-27,50H,10-14,16-17H2,1H3. The summed E-state index contributed by atoms with van der Waals surface area (Å²) >= 11 is 14.4. The van der Waals surface area contributed by atoms with Crippen molar-refractivity contribution in [3.8, 4) is 11.5 Å². The zero-order valence-corrected chi connectivity index (χ0v) is 30.5. The molecule has 3 aromatic rings. The highest BCUT2D eigenvalue weighted by atomic mass is 35.5. The van der Waals surface area contributed by atoms with Gasteiger partial charge in [-0.05, 0) is 43.2 Å². The number of carbonyl (C=O) groups excluding carboxylic acids is 4. The van der Waals surface area contributed by atoms with E-state index in [4.69, 9.17) is 27.9 Å². The van der Waals surface area contributed by atoms with E-state index in [1.165, 1.54) is 30.2 Å². The number of benzene rings is 3. The highest BCUT2D eigenvalue weighted by Gasteiger charge is 2.77. The second kappa shape index (κ2) is 13.3. The predicted molar refractivity (Wildman–Crippen MR) is 188 cm³/mol. The fraction of sp³-hybridized carbons (Fsp3) is 0.385. The molecule has 9 nitrogen and oxygen atoms in total. The minimum absolute atomic E-state index is 0.00356. The average Bonchev–Trinajstić information content (AvgIpc) is 3.52. The zero-order valence-electron chi connectivity index (χ0n) is 29.0. The minimum Gasteiger partial charge on any atom is -0.508 e. The number of halogens is 7. The van der Waals surface area contributed by atoms with Crippen LogP contribution in [-0.4, -0.2) is 74.5 Å². The van der Waals surface area contributed by atoms with Crippen molar-refractivity contribution in [1.29, 1.82) is 0 Å². The predicted octanol–water partition coefficient (Wildman–Crippen LogP) is 6.32. The van der Waals surface area contributed by atoms with Crippen molar-refractivity contribution in [3.63, 3.8) is 0 Å². The molecular formula is C39H32Cl2F5N3O6. The van der Waals surface area contributed by atoms with Crippen LogP contribution in [0.1, 0.15) is 42.7 Å². The van der Waals surface area contributed by atoms with Crippen LogP contribution in [0.25, 0.3) is 0 Å². The van der Waals surface area contributed by atoms with Crippen molar-refractivity contribution >= 4 is 52.5 Å². The van der Waals surface area contributed by atoms with Gasteiger partial charge in [0.2, 0.25) is 17.6 Å². The molecule has 3 saturated heterocycles. The van der Waals surface area contributed by atoms with Crippen LogP contribution in [0.4, 0.5) is 27.6 Å². The zero-order chi connectivity index (χ0) is 39.3. The molecule has 0 radical (unpaired) electrons. The number of rotatable bonds is 6. The number of carbonyl (C=O) groups is 4. The van der Waals surface area contributed by atoms with Crippen LogP contribution >= 0.6 is 23.2 Å². The van der Waals surface area contributed by atoms with Crippen molar-refractivity contribution in [1.82, 2.24) is 9.80 Å². The van der Waals surface area contributed by atoms with Crippen LogP contribution in [-0.2, 0) is 25.7 Å². The molecule has 8 rings (SSSR count). The van der Waals surface area contributed by atoms with Crippen LogP contribution in [0.2, 0.25) is 0 Å². The molecular weight excluding hydrogens is 772 g/mol. The van der Waals surface area contributed by atoms with Gasteiger partial charge < -0.3 is 9.84 Å². The summed E-state index contributed by atoms with van der Waals surface area (Å²) in [5, 5.41) is 11.3. The van der Waals surface area contributed by atoms with E-state index < -0.39 is 110 Å². The van der Waals surface area contributed by atoms with Crippen molar-refractivity contribution in [3.05, 3.63) is 100 Å². The summed E-state index contributed by atoms with van der Waals surface area (Å²) < 4.78 is 78.9. The summed E-state index contributed by atoms with van der Waals surface area (Å²) in [6.07, 6.45) is 1.98. The van der Waals surface area contributed by atoms with Gasteiger partial charge in [-0.25, -0.2) is 26.9 Å². The number of phenols is 1. The molecule has 16 heteroatoms. The van der Waals surface area contributed by atoms with Gasteiger partial charge >= 0.3 is 0 Å². The molecule has 0 spiro atoms. The van der Waals surface area contributed by atoms with Gasteiger partial charge in [-0.15, -0.1) is 23.2 Å². The van der Waals surface area contributed by atoms with Gasteiger partial charge in [0.25, 0.3) is 11.8 Å². The van der Waals surface area contributed by atoms with Gasteiger partial charge in [0.05, 0.1) is 18.9 Å². The van der Waals surface area contributed by atoms with Crippen LogP contribution in [0.15, 0.2) is 60.2 Å². The Morgan fingerprint density at radius 3 is 2.09 bits per heavy atom. The first-order valence-electron chi connectivity index (χ1n) is 17.6. The first-order valence-corrected chi connectivity index (χ1v) is 18.4. The Morgan fingerprint density at radius 2 is 1.47 bits per heavy atom. The number of ether oxygens (including phenoxy) is 1. The monoisotopic (exact) mass is 803 g/mol. The number of allylic oxidation sites excluding steroid dienone is 2. The van der Waals surface area contributed by atoms with E-state index >= 15 is 8.78 Å². The molecule has 3 heterocycles. The van der Waals surface area contributed by atoms with Crippen molar-refractivity contribution in [2.75, 3.05) is 25.1 Å². The molecule has 2 aliphatic carbocycles. The van der Waals surface area contributed by atoms with Crippen LogP contribution < -0.4 is 9.64 Å². The third kappa shape index (κ3) is 5.27. The lowest BCUT2D eigenvalue weighted by Gasteiger charge is -2.50. The Bertz CT molecular complexity index is 2170. The third-order valence-electron chi connectivity index (χ3n) is 12.0. The van der Waals surface area contributed by atoms with E-state index in [2.05, 4.69) is 4.90 Å². The van der Waals surface area contributed by atoms with E-state index in [0.29, 0.717) is 32.5 Å². The molecule has 1 N–H and O–H groups in total. The number of hydrogen-bond acceptors (Lipinski definition) is 7. The number of alkyl halides is 2. The Labute approximate surface area is 321 Å². The molecule has 0 bridgehead atoms. The number of hydrogen-bond donors (Lipinski definition) is 1. The lowest BCUT2D eigenvalue weighted by atomic mass is 9.56. The number of aromatic hydroxyl groups is 1. The molecule has 4 amide bonds. The number of methoxy groups -OCH3 is 1. The summed E-state index contributed by atoms with van der Waals surface area (Å²) in [5.41, 5.74) is -0.605. The maximum Gasteiger partial charge on any atom is 0.258 e. The number of anilines is 1. The topological polar surface area (TPSA) is 107 Å². The van der Waals surface area contributed by atoms with Gasteiger partial charge in [0.1, 0.15) is 17.2 Å². The summed E-state index contributed by atoms with van der Waals surface area (Å²) in [4.78, 5) is 55.3. The van der Waals surface area contributed by atoms with Gasteiger partial charge in [-0.3, -0.25) is 29.0 Å². The molecule has 3 aliphatic heterocycles. The van der Waals surface area contributed by atoms with Crippen LogP contribution in [0.5, 0.6) is 11.5 Å². The fourth-order valence-corrected chi connectivity index (χ4v) is 10.3. The molecule has 4 fully saturated rings. The summed E-state index contributed by atoms with van der Waals surface area (Å²) in [5.74, 6) is -21.5. The Kier molecular flexibility index (Phi) is 9.05. The number of nitrogens with zero attached hydrogens (tertiary/aromatic N) is 3. The molecule has 55 heavy (non-hydrogen) atoms. The summed E-state index contributed by atoms with van der Waals surface area (Å²) in [6.45, 7) is 1.92. The lowest BCUT2D eigenvalue weighted by Crippen LogP contribution is -2.60. The number of piperidine rings is 1. The molecule has 6 atom stereocenters. The van der Waals surface area contributed by atoms with Crippen molar-refractivity contribution < 1.29 is 51.0 Å². The van der Waals surface area contributed by atoms with E-state index in [-0.39, 0.29) is 28.2 Å². The number of likely N-dealkylation sites (tertiary alicyclic amines) is 2. The Hall–Kier alpha value is -4.53. The van der Waals surface area contributed by atoms with Gasteiger partial charge in [-0.2, -0.15) is 0 Å². The maximum atomic E-state index is 15.3. The minimum atomic E-state index is -2.75. The van der Waals surface area contributed by atoms with Crippen molar-refractivity contribution in [2.45, 2.75) is 53.9 Å². The van der Waals surface area contributed by atoms with E-state index in [1.807, 2.05) is 30.3 Å². The second-order valence-electron chi connectivity index (χ2n) is 14.7. The normalized spacial score (nSPS) is 29.7. The Morgan fingerprint density at radius 1 is 0.836 bits per heavy atom. The van der Waals surface area contributed by atoms with E-state index in [0.717, 1.165) is 5.56 Å².